The molecule has 1 saturated carbocycles. The number of hydrogen-bond donors (Lipinski definition) is 1. The fraction of sp³-hybridized carbons (Fsp3) is 1.00. The third-order valence-electron chi connectivity index (χ3n) is 4.89. The normalized spacial score (nSPS) is 30.2. The van der Waals surface area contributed by atoms with Crippen LogP contribution >= 0.6 is 0 Å². The Morgan fingerprint density at radius 2 is 1.80 bits per heavy atom. The molecule has 0 aromatic heterocycles. The molecule has 6 heteroatoms. The summed E-state index contributed by atoms with van der Waals surface area (Å²) in [5.74, 6) is 0.658. The van der Waals surface area contributed by atoms with Gasteiger partial charge < -0.3 is 15.0 Å². The molecule has 0 spiro atoms. The van der Waals surface area contributed by atoms with Gasteiger partial charge in [0.05, 0.1) is 11.5 Å². The quantitative estimate of drug-likeness (QED) is 0.790. The van der Waals surface area contributed by atoms with Crippen molar-refractivity contribution >= 4 is 9.84 Å². The molecule has 3 fully saturated rings. The molecule has 2 saturated heterocycles. The molecule has 0 aromatic rings. The molecule has 3 aliphatic rings. The van der Waals surface area contributed by atoms with E-state index in [1.54, 1.807) is 0 Å². The van der Waals surface area contributed by atoms with Crippen LogP contribution < -0.4 is 5.32 Å². The van der Waals surface area contributed by atoms with Crippen LogP contribution in [0.1, 0.15) is 25.7 Å². The minimum atomic E-state index is -2.77. The topological polar surface area (TPSA) is 58.6 Å². The highest BCUT2D eigenvalue weighted by atomic mass is 32.2. The number of hydrogen-bond acceptors (Lipinski definition) is 5. The molecule has 0 unspecified atom stereocenters. The van der Waals surface area contributed by atoms with Crippen molar-refractivity contribution in [1.82, 2.24) is 10.2 Å². The lowest BCUT2D eigenvalue weighted by Gasteiger charge is -2.42. The van der Waals surface area contributed by atoms with E-state index in [9.17, 15) is 8.42 Å². The summed E-state index contributed by atoms with van der Waals surface area (Å²) in [6.07, 6.45) is 4.81. The van der Waals surface area contributed by atoms with E-state index in [0.29, 0.717) is 24.6 Å². The maximum atomic E-state index is 11.5. The van der Waals surface area contributed by atoms with Crippen LogP contribution in [0, 0.1) is 5.41 Å². The van der Waals surface area contributed by atoms with Crippen molar-refractivity contribution in [2.24, 2.45) is 5.41 Å². The van der Waals surface area contributed by atoms with Gasteiger partial charge in [-0.15, -0.1) is 0 Å². The first-order valence-corrected chi connectivity index (χ1v) is 9.63. The largest absolute Gasteiger partial charge is 0.381 e. The second kappa shape index (κ2) is 5.91. The Morgan fingerprint density at radius 1 is 1.15 bits per heavy atom. The van der Waals surface area contributed by atoms with Crippen LogP contribution in [0.25, 0.3) is 0 Å². The van der Waals surface area contributed by atoms with Gasteiger partial charge in [0, 0.05) is 45.4 Å². The van der Waals surface area contributed by atoms with E-state index in [4.69, 9.17) is 4.74 Å². The highest BCUT2D eigenvalue weighted by molar-refractivity contribution is 7.91. The molecule has 3 rings (SSSR count). The summed E-state index contributed by atoms with van der Waals surface area (Å²) >= 11 is 0. The van der Waals surface area contributed by atoms with Crippen LogP contribution in [0.3, 0.4) is 0 Å². The fourth-order valence-corrected chi connectivity index (χ4v) is 4.50. The maximum absolute atomic E-state index is 11.5. The first kappa shape index (κ1) is 14.8. The molecule has 0 amide bonds. The summed E-state index contributed by atoms with van der Waals surface area (Å²) in [6.45, 7) is 5.18. The zero-order valence-electron chi connectivity index (χ0n) is 12.1. The van der Waals surface area contributed by atoms with Gasteiger partial charge in [0.2, 0.25) is 0 Å². The predicted octanol–water partition coefficient (Wildman–Crippen LogP) is 0.266. The van der Waals surface area contributed by atoms with E-state index in [0.717, 1.165) is 45.2 Å². The minimum absolute atomic E-state index is 0.280. The SMILES string of the molecule is O=S1(=O)CCN(CC2(CNC3CC3)CCOCC2)CC1. The van der Waals surface area contributed by atoms with Gasteiger partial charge in [-0.1, -0.05) is 0 Å². The Bertz CT molecular complexity index is 414. The second-order valence-corrected chi connectivity index (χ2v) is 9.00. The molecule has 116 valence electrons. The monoisotopic (exact) mass is 302 g/mol. The Kier molecular flexibility index (Phi) is 4.36. The van der Waals surface area contributed by atoms with Crippen molar-refractivity contribution < 1.29 is 13.2 Å². The molecule has 0 bridgehead atoms. The first-order chi connectivity index (χ1) is 9.57. The van der Waals surface area contributed by atoms with Gasteiger partial charge in [-0.2, -0.15) is 0 Å². The Balaban J connectivity index is 1.57. The van der Waals surface area contributed by atoms with Crippen molar-refractivity contribution in [2.75, 3.05) is 50.9 Å². The molecule has 1 aliphatic carbocycles. The van der Waals surface area contributed by atoms with Gasteiger partial charge in [-0.25, -0.2) is 8.42 Å². The third kappa shape index (κ3) is 3.93. The van der Waals surface area contributed by atoms with Gasteiger partial charge in [0.15, 0.2) is 9.84 Å². The van der Waals surface area contributed by atoms with Gasteiger partial charge in [0.25, 0.3) is 0 Å². The molecule has 20 heavy (non-hydrogen) atoms. The van der Waals surface area contributed by atoms with Gasteiger partial charge >= 0.3 is 0 Å². The zero-order chi connectivity index (χ0) is 14.1. The molecule has 1 N–H and O–H groups in total. The van der Waals surface area contributed by atoms with Gasteiger partial charge in [0.1, 0.15) is 0 Å². The highest BCUT2D eigenvalue weighted by Gasteiger charge is 2.37. The molecule has 0 aromatic carbocycles. The van der Waals surface area contributed by atoms with Crippen LogP contribution in [-0.2, 0) is 14.6 Å². The van der Waals surface area contributed by atoms with Crippen molar-refractivity contribution in [3.8, 4) is 0 Å². The van der Waals surface area contributed by atoms with Crippen molar-refractivity contribution in [2.45, 2.75) is 31.7 Å². The lowest BCUT2D eigenvalue weighted by Crippen LogP contribution is -2.51. The highest BCUT2D eigenvalue weighted by Crippen LogP contribution is 2.33. The van der Waals surface area contributed by atoms with E-state index in [1.807, 2.05) is 0 Å². The van der Waals surface area contributed by atoms with E-state index in [1.165, 1.54) is 12.8 Å². The summed E-state index contributed by atoms with van der Waals surface area (Å²) in [6, 6.07) is 0.733. The Labute approximate surface area is 122 Å². The van der Waals surface area contributed by atoms with Crippen LogP contribution in [0.15, 0.2) is 0 Å². The van der Waals surface area contributed by atoms with E-state index >= 15 is 0 Å². The van der Waals surface area contributed by atoms with Crippen molar-refractivity contribution in [1.29, 1.82) is 0 Å². The number of ether oxygens (including phenoxy) is 1. The van der Waals surface area contributed by atoms with Crippen LogP contribution in [0.2, 0.25) is 0 Å². The van der Waals surface area contributed by atoms with Gasteiger partial charge in [-0.3, -0.25) is 0 Å². The smallest absolute Gasteiger partial charge is 0.152 e. The molecule has 5 nitrogen and oxygen atoms in total. The average Bonchev–Trinajstić information content (AvgIpc) is 3.25. The predicted molar refractivity (Wildman–Crippen MR) is 78.6 cm³/mol. The molecule has 0 atom stereocenters. The standard InChI is InChI=1S/C14H26N2O3S/c17-20(18)9-5-16(6-10-20)12-14(3-7-19-8-4-14)11-15-13-1-2-13/h13,15H,1-12H2. The molecule has 0 radical (unpaired) electrons. The molecular weight excluding hydrogens is 276 g/mol. The summed E-state index contributed by atoms with van der Waals surface area (Å²) in [4.78, 5) is 2.35. The molecular formula is C14H26N2O3S. The summed E-state index contributed by atoms with van der Waals surface area (Å²) < 4.78 is 28.6. The fourth-order valence-electron chi connectivity index (χ4n) is 3.23. The third-order valence-corrected chi connectivity index (χ3v) is 6.50. The van der Waals surface area contributed by atoms with Gasteiger partial charge in [-0.05, 0) is 31.1 Å². The van der Waals surface area contributed by atoms with Crippen molar-refractivity contribution in [3.05, 3.63) is 0 Å². The van der Waals surface area contributed by atoms with Crippen LogP contribution in [0.5, 0.6) is 0 Å². The first-order valence-electron chi connectivity index (χ1n) is 7.81. The second-order valence-electron chi connectivity index (χ2n) is 6.70. The Hall–Kier alpha value is -0.170. The molecule has 2 heterocycles. The minimum Gasteiger partial charge on any atom is -0.381 e. The van der Waals surface area contributed by atoms with Crippen molar-refractivity contribution in [3.63, 3.8) is 0 Å². The van der Waals surface area contributed by atoms with E-state index < -0.39 is 9.84 Å². The lowest BCUT2D eigenvalue weighted by atomic mass is 9.79. The number of nitrogens with zero attached hydrogens (tertiary/aromatic N) is 1. The lowest BCUT2D eigenvalue weighted by molar-refractivity contribution is -0.00334. The van der Waals surface area contributed by atoms with Crippen LogP contribution in [-0.4, -0.2) is 70.3 Å². The van der Waals surface area contributed by atoms with Crippen LogP contribution in [0.4, 0.5) is 0 Å². The maximum Gasteiger partial charge on any atom is 0.152 e. The number of sulfone groups is 1. The Morgan fingerprint density at radius 3 is 2.40 bits per heavy atom. The van der Waals surface area contributed by atoms with E-state index in [-0.39, 0.29) is 5.41 Å². The number of nitrogens with one attached hydrogen (secondary N) is 1. The zero-order valence-corrected chi connectivity index (χ0v) is 13.0. The summed E-state index contributed by atoms with van der Waals surface area (Å²) in [5, 5.41) is 3.67. The van der Waals surface area contributed by atoms with E-state index in [2.05, 4.69) is 10.2 Å². The average molecular weight is 302 g/mol. The number of rotatable bonds is 5. The summed E-state index contributed by atoms with van der Waals surface area (Å²) in [5.41, 5.74) is 0.280. The molecule has 2 aliphatic heterocycles. The summed E-state index contributed by atoms with van der Waals surface area (Å²) in [7, 11) is -2.77.